The van der Waals surface area contributed by atoms with Gasteiger partial charge in [-0.1, -0.05) is 18.7 Å². The van der Waals surface area contributed by atoms with Crippen LogP contribution in [0.15, 0.2) is 71.2 Å². The van der Waals surface area contributed by atoms with Gasteiger partial charge in [-0.05, 0) is 99.1 Å². The van der Waals surface area contributed by atoms with Gasteiger partial charge >= 0.3 is 0 Å². The highest BCUT2D eigenvalue weighted by atomic mass is 19.1. The van der Waals surface area contributed by atoms with Gasteiger partial charge in [-0.25, -0.2) is 4.39 Å². The van der Waals surface area contributed by atoms with Crippen LogP contribution in [-0.2, 0) is 4.79 Å². The third-order valence-electron chi connectivity index (χ3n) is 5.70. The number of amides is 1. The Labute approximate surface area is 185 Å². The average Bonchev–Trinajstić information content (AvgIpc) is 2.73. The number of hydrogen-bond donors (Lipinski definition) is 2. The second-order valence-corrected chi connectivity index (χ2v) is 8.11. The standard InChI is InChI=1S/C26H34FN3O/c1-18(13-24-9-10-25(27)14-19(24)2)21(4)22(5)30-12-11-23(15-20(30)3)7-6-8-26(28)16-29-17-31/h9-15,17,26H,3,6-8,16,28H2,1-2,4-5H3,(H,29,31)/b18-13+,22-21+. The lowest BCUT2D eigenvalue weighted by Crippen LogP contribution is -2.33. The van der Waals surface area contributed by atoms with E-state index in [4.69, 9.17) is 5.73 Å². The van der Waals surface area contributed by atoms with E-state index in [1.54, 1.807) is 6.07 Å². The molecule has 0 radical (unpaired) electrons. The highest BCUT2D eigenvalue weighted by molar-refractivity contribution is 5.61. The maximum absolute atomic E-state index is 13.4. The first-order valence-corrected chi connectivity index (χ1v) is 10.6. The Bertz CT molecular complexity index is 940. The van der Waals surface area contributed by atoms with Crippen molar-refractivity contribution in [1.82, 2.24) is 10.2 Å². The maximum atomic E-state index is 13.4. The van der Waals surface area contributed by atoms with E-state index in [9.17, 15) is 9.18 Å². The molecule has 2 rings (SSSR count). The molecule has 4 nitrogen and oxygen atoms in total. The molecule has 1 amide bonds. The number of nitrogens with two attached hydrogens (primary N) is 1. The molecule has 0 saturated carbocycles. The summed E-state index contributed by atoms with van der Waals surface area (Å²) in [6, 6.07) is 4.83. The van der Waals surface area contributed by atoms with Gasteiger partial charge in [-0.15, -0.1) is 0 Å². The Morgan fingerprint density at radius 1 is 1.32 bits per heavy atom. The largest absolute Gasteiger partial charge is 0.357 e. The molecule has 5 heteroatoms. The van der Waals surface area contributed by atoms with Gasteiger partial charge in [0.25, 0.3) is 0 Å². The van der Waals surface area contributed by atoms with Crippen molar-refractivity contribution in [2.45, 2.75) is 53.0 Å². The fraction of sp³-hybridized carbons (Fsp3) is 0.346. The predicted octanol–water partition coefficient (Wildman–Crippen LogP) is 5.34. The van der Waals surface area contributed by atoms with Gasteiger partial charge in [-0.3, -0.25) is 4.79 Å². The molecule has 0 spiro atoms. The van der Waals surface area contributed by atoms with Crippen LogP contribution in [0.25, 0.3) is 6.08 Å². The van der Waals surface area contributed by atoms with E-state index < -0.39 is 0 Å². The summed E-state index contributed by atoms with van der Waals surface area (Å²) in [5.74, 6) is -0.215. The summed E-state index contributed by atoms with van der Waals surface area (Å²) in [5.41, 5.74) is 13.4. The fourth-order valence-electron chi connectivity index (χ4n) is 3.56. The molecular weight excluding hydrogens is 389 g/mol. The number of allylic oxidation sites excluding steroid dienone is 6. The van der Waals surface area contributed by atoms with Crippen molar-refractivity contribution >= 4 is 12.5 Å². The first-order chi connectivity index (χ1) is 14.7. The number of halogens is 1. The van der Waals surface area contributed by atoms with Crippen LogP contribution in [0, 0.1) is 12.7 Å². The Morgan fingerprint density at radius 3 is 2.71 bits per heavy atom. The zero-order chi connectivity index (χ0) is 23.0. The van der Waals surface area contributed by atoms with Gasteiger partial charge in [0.05, 0.1) is 0 Å². The van der Waals surface area contributed by atoms with Crippen molar-refractivity contribution in [3.63, 3.8) is 0 Å². The fourth-order valence-corrected chi connectivity index (χ4v) is 3.56. The van der Waals surface area contributed by atoms with E-state index in [2.05, 4.69) is 62.0 Å². The molecule has 1 aromatic carbocycles. The Morgan fingerprint density at radius 2 is 2.06 bits per heavy atom. The minimum absolute atomic E-state index is 0.0228. The Hall–Kier alpha value is -2.92. The van der Waals surface area contributed by atoms with Crippen LogP contribution in [-0.4, -0.2) is 23.9 Å². The summed E-state index contributed by atoms with van der Waals surface area (Å²) in [6.07, 6.45) is 11.8. The summed E-state index contributed by atoms with van der Waals surface area (Å²) >= 11 is 0. The molecule has 3 N–H and O–H groups in total. The minimum Gasteiger partial charge on any atom is -0.357 e. The monoisotopic (exact) mass is 423 g/mol. The van der Waals surface area contributed by atoms with Gasteiger partial charge in [0.15, 0.2) is 0 Å². The van der Waals surface area contributed by atoms with Crippen molar-refractivity contribution in [3.05, 3.63) is 88.2 Å². The zero-order valence-electron chi connectivity index (χ0n) is 19.0. The Kier molecular flexibility index (Phi) is 9.01. The molecule has 1 aliphatic heterocycles. The van der Waals surface area contributed by atoms with Gasteiger partial charge < -0.3 is 16.0 Å². The summed E-state index contributed by atoms with van der Waals surface area (Å²) in [5, 5.41) is 2.62. The average molecular weight is 424 g/mol. The smallest absolute Gasteiger partial charge is 0.207 e. The molecule has 1 atom stereocenters. The molecule has 1 heterocycles. The zero-order valence-corrected chi connectivity index (χ0v) is 19.0. The van der Waals surface area contributed by atoms with E-state index in [0.717, 1.165) is 52.9 Å². The number of carbonyl (C=O) groups excluding carboxylic acids is 1. The van der Waals surface area contributed by atoms with E-state index in [0.29, 0.717) is 13.0 Å². The lowest BCUT2D eigenvalue weighted by atomic mass is 9.99. The van der Waals surface area contributed by atoms with Crippen LogP contribution in [0.2, 0.25) is 0 Å². The molecule has 166 valence electrons. The molecule has 1 unspecified atom stereocenters. The number of aryl methyl sites for hydroxylation is 1. The van der Waals surface area contributed by atoms with Crippen LogP contribution < -0.4 is 11.1 Å². The topological polar surface area (TPSA) is 58.4 Å². The predicted molar refractivity (Wildman–Crippen MR) is 127 cm³/mol. The molecular formula is C26H34FN3O. The van der Waals surface area contributed by atoms with Gasteiger partial charge in [-0.2, -0.15) is 0 Å². The van der Waals surface area contributed by atoms with Crippen LogP contribution in [0.5, 0.6) is 0 Å². The number of carbonyl (C=O) groups is 1. The van der Waals surface area contributed by atoms with Crippen molar-refractivity contribution < 1.29 is 9.18 Å². The molecule has 1 aromatic rings. The second-order valence-electron chi connectivity index (χ2n) is 8.11. The summed E-state index contributed by atoms with van der Waals surface area (Å²) in [6.45, 7) is 12.9. The van der Waals surface area contributed by atoms with Gasteiger partial charge in [0, 0.05) is 30.2 Å². The third kappa shape index (κ3) is 7.07. The van der Waals surface area contributed by atoms with Crippen molar-refractivity contribution in [2.24, 2.45) is 5.73 Å². The molecule has 0 aliphatic carbocycles. The summed E-state index contributed by atoms with van der Waals surface area (Å²) < 4.78 is 13.4. The number of rotatable bonds is 10. The minimum atomic E-state index is -0.215. The number of nitrogens with zero attached hydrogens (tertiary/aromatic N) is 1. The highest BCUT2D eigenvalue weighted by Gasteiger charge is 2.14. The maximum Gasteiger partial charge on any atom is 0.207 e. The normalized spacial score (nSPS) is 16.1. The highest BCUT2D eigenvalue weighted by Crippen LogP contribution is 2.28. The lowest BCUT2D eigenvalue weighted by Gasteiger charge is -2.27. The first kappa shape index (κ1) is 24.4. The van der Waals surface area contributed by atoms with Crippen LogP contribution in [0.1, 0.15) is 51.2 Å². The number of benzene rings is 1. The SMILES string of the molecule is C=C1C=C(CCCC(N)CNC=O)C=CN1/C(C)=C(C)/C(C)=C/c1ccc(F)cc1C. The molecule has 0 bridgehead atoms. The van der Waals surface area contributed by atoms with Crippen LogP contribution >= 0.6 is 0 Å². The van der Waals surface area contributed by atoms with Gasteiger partial charge in [0.1, 0.15) is 5.82 Å². The van der Waals surface area contributed by atoms with Crippen LogP contribution in [0.4, 0.5) is 4.39 Å². The summed E-state index contributed by atoms with van der Waals surface area (Å²) in [7, 11) is 0. The van der Waals surface area contributed by atoms with Crippen molar-refractivity contribution in [1.29, 1.82) is 0 Å². The molecule has 1 aliphatic rings. The number of nitrogens with one attached hydrogen (secondary N) is 1. The van der Waals surface area contributed by atoms with E-state index >= 15 is 0 Å². The Balaban J connectivity index is 2.03. The molecule has 31 heavy (non-hydrogen) atoms. The molecule has 0 saturated heterocycles. The van der Waals surface area contributed by atoms with Crippen molar-refractivity contribution in [3.8, 4) is 0 Å². The first-order valence-electron chi connectivity index (χ1n) is 10.6. The molecule has 0 aromatic heterocycles. The quantitative estimate of drug-likeness (QED) is 0.394. The second kappa shape index (κ2) is 11.5. The lowest BCUT2D eigenvalue weighted by molar-refractivity contribution is -0.109. The molecule has 0 fully saturated rings. The van der Waals surface area contributed by atoms with Crippen LogP contribution in [0.3, 0.4) is 0 Å². The van der Waals surface area contributed by atoms with Crippen molar-refractivity contribution in [2.75, 3.05) is 6.54 Å². The van der Waals surface area contributed by atoms with E-state index in [1.807, 2.05) is 13.0 Å². The van der Waals surface area contributed by atoms with Gasteiger partial charge in [0.2, 0.25) is 6.41 Å². The number of hydrogen-bond acceptors (Lipinski definition) is 3. The van der Waals surface area contributed by atoms with E-state index in [1.165, 1.54) is 11.6 Å². The third-order valence-corrected chi connectivity index (χ3v) is 5.70. The van der Waals surface area contributed by atoms with E-state index in [-0.39, 0.29) is 11.9 Å². The summed E-state index contributed by atoms with van der Waals surface area (Å²) in [4.78, 5) is 12.4.